The molecule has 0 aliphatic heterocycles. The van der Waals surface area contributed by atoms with Crippen LogP contribution in [0.25, 0.3) is 11.0 Å². The largest absolute Gasteiger partial charge is 0.459 e. The summed E-state index contributed by atoms with van der Waals surface area (Å²) in [5.74, 6) is 1.06. The number of benzene rings is 1. The lowest BCUT2D eigenvalue weighted by Gasteiger charge is -2.25. The van der Waals surface area contributed by atoms with E-state index >= 15 is 0 Å². The van der Waals surface area contributed by atoms with Gasteiger partial charge in [0, 0.05) is 18.0 Å². The number of para-hydroxylation sites is 1. The van der Waals surface area contributed by atoms with Gasteiger partial charge in [-0.2, -0.15) is 0 Å². The molecule has 1 atom stereocenters. The van der Waals surface area contributed by atoms with Crippen LogP contribution in [0, 0.1) is 0 Å². The molecule has 1 aliphatic carbocycles. The van der Waals surface area contributed by atoms with Gasteiger partial charge in [-0.25, -0.2) is 0 Å². The van der Waals surface area contributed by atoms with Gasteiger partial charge in [0.1, 0.15) is 11.3 Å². The molecular formula is C17H24N2O. The molecule has 0 saturated heterocycles. The summed E-state index contributed by atoms with van der Waals surface area (Å²) in [5.41, 5.74) is 0.986. The molecule has 1 N–H and O–H groups in total. The minimum atomic E-state index is 0.285. The van der Waals surface area contributed by atoms with E-state index in [0.717, 1.165) is 37.0 Å². The van der Waals surface area contributed by atoms with Gasteiger partial charge in [0.05, 0.1) is 6.04 Å². The highest BCUT2D eigenvalue weighted by Gasteiger charge is 2.30. The first-order valence-corrected chi connectivity index (χ1v) is 7.77. The highest BCUT2D eigenvalue weighted by Crippen LogP contribution is 2.30. The number of nitrogens with zero attached hydrogens (tertiary/aromatic N) is 1. The molecule has 1 fully saturated rings. The average Bonchev–Trinajstić information content (AvgIpc) is 3.21. The lowest BCUT2D eigenvalue weighted by atomic mass is 10.1. The highest BCUT2D eigenvalue weighted by atomic mass is 16.3. The number of hydrogen-bond donors (Lipinski definition) is 1. The molecule has 2 aromatic rings. The van der Waals surface area contributed by atoms with Crippen molar-refractivity contribution in [2.75, 3.05) is 19.6 Å². The Morgan fingerprint density at radius 1 is 1.30 bits per heavy atom. The number of nitrogens with one attached hydrogen (secondary N) is 1. The van der Waals surface area contributed by atoms with Crippen LogP contribution in [0.3, 0.4) is 0 Å². The lowest BCUT2D eigenvalue weighted by molar-refractivity contribution is 0.233. The molecule has 0 bridgehead atoms. The van der Waals surface area contributed by atoms with Crippen molar-refractivity contribution >= 4 is 11.0 Å². The van der Waals surface area contributed by atoms with Crippen LogP contribution in [-0.4, -0.2) is 30.6 Å². The Labute approximate surface area is 120 Å². The zero-order valence-corrected chi connectivity index (χ0v) is 12.4. The second-order valence-corrected chi connectivity index (χ2v) is 5.62. The topological polar surface area (TPSA) is 28.4 Å². The van der Waals surface area contributed by atoms with E-state index in [2.05, 4.69) is 42.3 Å². The van der Waals surface area contributed by atoms with Crippen LogP contribution in [0.5, 0.6) is 0 Å². The average molecular weight is 272 g/mol. The van der Waals surface area contributed by atoms with E-state index in [1.165, 1.54) is 18.2 Å². The smallest absolute Gasteiger partial charge is 0.134 e. The summed E-state index contributed by atoms with van der Waals surface area (Å²) < 4.78 is 6.04. The third-order valence-electron chi connectivity index (χ3n) is 4.13. The first kappa shape index (κ1) is 13.7. The molecule has 1 unspecified atom stereocenters. The molecule has 3 rings (SSSR count). The molecule has 0 spiro atoms. The van der Waals surface area contributed by atoms with Gasteiger partial charge in [0.2, 0.25) is 0 Å². The van der Waals surface area contributed by atoms with Crippen molar-refractivity contribution in [1.29, 1.82) is 0 Å². The molecule has 1 saturated carbocycles. The fourth-order valence-electron chi connectivity index (χ4n) is 2.89. The molecule has 20 heavy (non-hydrogen) atoms. The van der Waals surface area contributed by atoms with Gasteiger partial charge in [-0.1, -0.05) is 32.0 Å². The standard InChI is InChI=1S/C17H24N2O/c1-3-18-15(12-19(4-2)14-9-10-14)17-11-13-7-5-6-8-16(13)20-17/h5-8,11,14-15,18H,3-4,9-10,12H2,1-2H3. The summed E-state index contributed by atoms with van der Waals surface area (Å²) in [6.07, 6.45) is 2.71. The fourth-order valence-corrected chi connectivity index (χ4v) is 2.89. The van der Waals surface area contributed by atoms with Crippen molar-refractivity contribution in [3.05, 3.63) is 36.1 Å². The molecule has 3 heteroatoms. The molecular weight excluding hydrogens is 248 g/mol. The van der Waals surface area contributed by atoms with E-state index in [-0.39, 0.29) is 6.04 Å². The summed E-state index contributed by atoms with van der Waals surface area (Å²) >= 11 is 0. The lowest BCUT2D eigenvalue weighted by Crippen LogP contribution is -2.36. The van der Waals surface area contributed by atoms with Crippen LogP contribution in [0.2, 0.25) is 0 Å². The van der Waals surface area contributed by atoms with Gasteiger partial charge in [0.15, 0.2) is 0 Å². The van der Waals surface area contributed by atoms with Crippen LogP contribution in [-0.2, 0) is 0 Å². The molecule has 1 aliphatic rings. The van der Waals surface area contributed by atoms with Gasteiger partial charge < -0.3 is 9.73 Å². The van der Waals surface area contributed by atoms with Crippen LogP contribution in [0.1, 0.15) is 38.5 Å². The maximum absolute atomic E-state index is 6.04. The van der Waals surface area contributed by atoms with E-state index in [1.54, 1.807) is 0 Å². The Hall–Kier alpha value is -1.32. The Bertz CT molecular complexity index is 526. The Kier molecular flexibility index (Phi) is 4.08. The number of furan rings is 1. The summed E-state index contributed by atoms with van der Waals surface area (Å²) in [6, 6.07) is 11.5. The molecule has 1 heterocycles. The van der Waals surface area contributed by atoms with Crippen molar-refractivity contribution in [2.45, 2.75) is 38.8 Å². The normalized spacial score (nSPS) is 16.9. The van der Waals surface area contributed by atoms with Crippen molar-refractivity contribution < 1.29 is 4.42 Å². The van der Waals surface area contributed by atoms with E-state index in [1.807, 2.05) is 12.1 Å². The van der Waals surface area contributed by atoms with Crippen molar-refractivity contribution in [3.63, 3.8) is 0 Å². The first-order chi connectivity index (χ1) is 9.81. The maximum Gasteiger partial charge on any atom is 0.134 e. The van der Waals surface area contributed by atoms with Gasteiger partial charge in [-0.15, -0.1) is 0 Å². The second-order valence-electron chi connectivity index (χ2n) is 5.62. The molecule has 1 aromatic carbocycles. The van der Waals surface area contributed by atoms with E-state index < -0.39 is 0 Å². The molecule has 1 aromatic heterocycles. The van der Waals surface area contributed by atoms with Gasteiger partial charge in [-0.3, -0.25) is 4.90 Å². The van der Waals surface area contributed by atoms with Gasteiger partial charge in [-0.05, 0) is 38.1 Å². The highest BCUT2D eigenvalue weighted by molar-refractivity contribution is 5.77. The van der Waals surface area contributed by atoms with Crippen molar-refractivity contribution in [3.8, 4) is 0 Å². The van der Waals surface area contributed by atoms with E-state index in [4.69, 9.17) is 4.42 Å². The molecule has 108 valence electrons. The predicted octanol–water partition coefficient (Wildman–Crippen LogP) is 3.57. The van der Waals surface area contributed by atoms with Crippen LogP contribution >= 0.6 is 0 Å². The van der Waals surface area contributed by atoms with Crippen molar-refractivity contribution in [2.24, 2.45) is 0 Å². The minimum Gasteiger partial charge on any atom is -0.459 e. The zero-order chi connectivity index (χ0) is 13.9. The quantitative estimate of drug-likeness (QED) is 0.835. The molecule has 0 amide bonds. The summed E-state index contributed by atoms with van der Waals surface area (Å²) in [6.45, 7) is 7.52. The number of likely N-dealkylation sites (N-methyl/N-ethyl adjacent to an activating group) is 2. The molecule has 3 nitrogen and oxygen atoms in total. The van der Waals surface area contributed by atoms with Gasteiger partial charge in [0.25, 0.3) is 0 Å². The predicted molar refractivity (Wildman–Crippen MR) is 82.9 cm³/mol. The monoisotopic (exact) mass is 272 g/mol. The summed E-state index contributed by atoms with van der Waals surface area (Å²) in [5, 5.41) is 4.77. The summed E-state index contributed by atoms with van der Waals surface area (Å²) in [7, 11) is 0. The zero-order valence-electron chi connectivity index (χ0n) is 12.4. The van der Waals surface area contributed by atoms with Crippen LogP contribution in [0.15, 0.2) is 34.7 Å². The summed E-state index contributed by atoms with van der Waals surface area (Å²) in [4.78, 5) is 2.57. The maximum atomic E-state index is 6.04. The fraction of sp³-hybridized carbons (Fsp3) is 0.529. The number of fused-ring (bicyclic) bond motifs is 1. The van der Waals surface area contributed by atoms with Crippen LogP contribution < -0.4 is 5.32 Å². The SMILES string of the molecule is CCNC(CN(CC)C1CC1)c1cc2ccccc2o1. The Morgan fingerprint density at radius 3 is 2.75 bits per heavy atom. The Balaban J connectivity index is 1.81. The second kappa shape index (κ2) is 5.98. The number of hydrogen-bond acceptors (Lipinski definition) is 3. The van der Waals surface area contributed by atoms with E-state index in [0.29, 0.717) is 0 Å². The third kappa shape index (κ3) is 2.89. The Morgan fingerprint density at radius 2 is 2.10 bits per heavy atom. The van der Waals surface area contributed by atoms with Gasteiger partial charge >= 0.3 is 0 Å². The first-order valence-electron chi connectivity index (χ1n) is 7.77. The molecule has 0 radical (unpaired) electrons. The van der Waals surface area contributed by atoms with E-state index in [9.17, 15) is 0 Å². The third-order valence-corrected chi connectivity index (χ3v) is 4.13. The van der Waals surface area contributed by atoms with Crippen molar-refractivity contribution in [1.82, 2.24) is 10.2 Å². The minimum absolute atomic E-state index is 0.285. The van der Waals surface area contributed by atoms with Crippen LogP contribution in [0.4, 0.5) is 0 Å². The number of rotatable bonds is 7.